The lowest BCUT2D eigenvalue weighted by molar-refractivity contribution is -0.119. The first-order valence-corrected chi connectivity index (χ1v) is 6.60. The SMILES string of the molecule is CC(=O)c1ccc(NCC(=O)NCCC(C)C)cc1. The van der Waals surface area contributed by atoms with Crippen molar-refractivity contribution in [1.29, 1.82) is 0 Å². The van der Waals surface area contributed by atoms with Gasteiger partial charge < -0.3 is 10.6 Å². The normalized spacial score (nSPS) is 10.3. The number of carbonyl (C=O) groups excluding carboxylic acids is 2. The van der Waals surface area contributed by atoms with Crippen LogP contribution in [-0.4, -0.2) is 24.8 Å². The van der Waals surface area contributed by atoms with Crippen LogP contribution >= 0.6 is 0 Å². The van der Waals surface area contributed by atoms with E-state index in [0.29, 0.717) is 18.0 Å². The minimum absolute atomic E-state index is 0.0173. The molecular weight excluding hydrogens is 240 g/mol. The fraction of sp³-hybridized carbons (Fsp3) is 0.467. The van der Waals surface area contributed by atoms with E-state index in [4.69, 9.17) is 0 Å². The molecule has 2 N–H and O–H groups in total. The summed E-state index contributed by atoms with van der Waals surface area (Å²) in [5, 5.41) is 5.88. The van der Waals surface area contributed by atoms with E-state index < -0.39 is 0 Å². The first-order valence-electron chi connectivity index (χ1n) is 6.60. The molecule has 0 heterocycles. The lowest BCUT2D eigenvalue weighted by atomic mass is 10.1. The zero-order valence-corrected chi connectivity index (χ0v) is 11.8. The van der Waals surface area contributed by atoms with Crippen molar-refractivity contribution in [2.45, 2.75) is 27.2 Å². The molecule has 0 saturated heterocycles. The standard InChI is InChI=1S/C15H22N2O2/c1-11(2)8-9-16-15(19)10-17-14-6-4-13(5-7-14)12(3)18/h4-7,11,17H,8-10H2,1-3H3,(H,16,19). The molecule has 4 nitrogen and oxygen atoms in total. The number of amides is 1. The van der Waals surface area contributed by atoms with Crippen molar-refractivity contribution in [2.75, 3.05) is 18.4 Å². The van der Waals surface area contributed by atoms with Crippen LogP contribution in [0.4, 0.5) is 5.69 Å². The zero-order chi connectivity index (χ0) is 14.3. The van der Waals surface area contributed by atoms with Crippen LogP contribution in [-0.2, 0) is 4.79 Å². The Balaban J connectivity index is 2.32. The molecule has 104 valence electrons. The summed E-state index contributed by atoms with van der Waals surface area (Å²) >= 11 is 0. The fourth-order valence-electron chi connectivity index (χ4n) is 1.57. The lowest BCUT2D eigenvalue weighted by Gasteiger charge is -2.09. The number of Topliss-reactive ketones (excluding diaryl/α,β-unsaturated/α-hetero) is 1. The Morgan fingerprint density at radius 2 is 1.79 bits per heavy atom. The second-order valence-electron chi connectivity index (χ2n) is 5.02. The van der Waals surface area contributed by atoms with Crippen LogP contribution in [0.25, 0.3) is 0 Å². The monoisotopic (exact) mass is 262 g/mol. The van der Waals surface area contributed by atoms with E-state index in [-0.39, 0.29) is 18.2 Å². The molecule has 0 atom stereocenters. The topological polar surface area (TPSA) is 58.2 Å². The van der Waals surface area contributed by atoms with Crippen molar-refractivity contribution in [3.63, 3.8) is 0 Å². The summed E-state index contributed by atoms with van der Waals surface area (Å²) in [7, 11) is 0. The molecule has 0 spiro atoms. The lowest BCUT2D eigenvalue weighted by Crippen LogP contribution is -2.31. The second kappa shape index (κ2) is 7.56. The van der Waals surface area contributed by atoms with Crippen molar-refractivity contribution in [2.24, 2.45) is 5.92 Å². The van der Waals surface area contributed by atoms with Gasteiger partial charge in [-0.05, 0) is 43.5 Å². The molecule has 1 amide bonds. The van der Waals surface area contributed by atoms with Crippen LogP contribution in [0, 0.1) is 5.92 Å². The smallest absolute Gasteiger partial charge is 0.239 e. The number of ketones is 1. The van der Waals surface area contributed by atoms with Gasteiger partial charge in [0.2, 0.25) is 5.91 Å². The van der Waals surface area contributed by atoms with Crippen molar-refractivity contribution in [3.8, 4) is 0 Å². The first kappa shape index (κ1) is 15.2. The summed E-state index contributed by atoms with van der Waals surface area (Å²) in [4.78, 5) is 22.7. The minimum atomic E-state index is -0.0173. The molecular formula is C15H22N2O2. The highest BCUT2D eigenvalue weighted by molar-refractivity contribution is 5.94. The molecule has 19 heavy (non-hydrogen) atoms. The maximum Gasteiger partial charge on any atom is 0.239 e. The van der Waals surface area contributed by atoms with Gasteiger partial charge in [0.1, 0.15) is 0 Å². The van der Waals surface area contributed by atoms with Crippen LogP contribution in [0.3, 0.4) is 0 Å². The van der Waals surface area contributed by atoms with E-state index in [1.54, 1.807) is 24.3 Å². The maximum atomic E-state index is 11.5. The Labute approximate surface area is 114 Å². The number of rotatable bonds is 7. The molecule has 0 fully saturated rings. The number of hydrogen-bond donors (Lipinski definition) is 2. The van der Waals surface area contributed by atoms with Gasteiger partial charge in [0, 0.05) is 17.8 Å². The highest BCUT2D eigenvalue weighted by Crippen LogP contribution is 2.09. The van der Waals surface area contributed by atoms with Crippen LogP contribution in [0.5, 0.6) is 0 Å². The van der Waals surface area contributed by atoms with E-state index in [2.05, 4.69) is 24.5 Å². The predicted molar refractivity (Wildman–Crippen MR) is 77.4 cm³/mol. The van der Waals surface area contributed by atoms with E-state index in [1.165, 1.54) is 6.92 Å². The highest BCUT2D eigenvalue weighted by Gasteiger charge is 2.02. The number of hydrogen-bond acceptors (Lipinski definition) is 3. The summed E-state index contributed by atoms with van der Waals surface area (Å²) in [6, 6.07) is 7.11. The van der Waals surface area contributed by atoms with Crippen LogP contribution in [0.15, 0.2) is 24.3 Å². The molecule has 0 radical (unpaired) electrons. The third-order valence-electron chi connectivity index (χ3n) is 2.79. The quantitative estimate of drug-likeness (QED) is 0.742. The van der Waals surface area contributed by atoms with Crippen molar-refractivity contribution in [3.05, 3.63) is 29.8 Å². The molecule has 0 aliphatic rings. The highest BCUT2D eigenvalue weighted by atomic mass is 16.1. The number of anilines is 1. The second-order valence-corrected chi connectivity index (χ2v) is 5.02. The van der Waals surface area contributed by atoms with E-state index in [1.807, 2.05) is 0 Å². The largest absolute Gasteiger partial charge is 0.376 e. The van der Waals surface area contributed by atoms with Gasteiger partial charge >= 0.3 is 0 Å². The average Bonchev–Trinajstić information content (AvgIpc) is 2.36. The summed E-state index contributed by atoms with van der Waals surface area (Å²) in [5.41, 5.74) is 1.51. The molecule has 0 unspecified atom stereocenters. The Kier molecular flexibility index (Phi) is 6.06. The summed E-state index contributed by atoms with van der Waals surface area (Å²) in [5.74, 6) is 0.613. The van der Waals surface area contributed by atoms with Gasteiger partial charge in [0.25, 0.3) is 0 Å². The van der Waals surface area contributed by atoms with Crippen molar-refractivity contribution < 1.29 is 9.59 Å². The molecule has 0 aromatic heterocycles. The minimum Gasteiger partial charge on any atom is -0.376 e. The number of benzene rings is 1. The molecule has 1 aromatic carbocycles. The molecule has 4 heteroatoms. The van der Waals surface area contributed by atoms with E-state index in [0.717, 1.165) is 12.1 Å². The first-order chi connectivity index (χ1) is 8.99. The molecule has 1 rings (SSSR count). The Morgan fingerprint density at radius 1 is 1.16 bits per heavy atom. The van der Waals surface area contributed by atoms with Crippen molar-refractivity contribution in [1.82, 2.24) is 5.32 Å². The molecule has 0 aliphatic heterocycles. The van der Waals surface area contributed by atoms with Gasteiger partial charge in [0.05, 0.1) is 6.54 Å². The van der Waals surface area contributed by atoms with Gasteiger partial charge in [-0.15, -0.1) is 0 Å². The fourth-order valence-corrected chi connectivity index (χ4v) is 1.57. The third-order valence-corrected chi connectivity index (χ3v) is 2.79. The van der Waals surface area contributed by atoms with Gasteiger partial charge in [-0.1, -0.05) is 13.8 Å². The Bertz CT molecular complexity index is 424. The maximum absolute atomic E-state index is 11.5. The number of nitrogens with one attached hydrogen (secondary N) is 2. The molecule has 1 aromatic rings. The van der Waals surface area contributed by atoms with E-state index >= 15 is 0 Å². The zero-order valence-electron chi connectivity index (χ0n) is 11.8. The Hall–Kier alpha value is -1.84. The molecule has 0 bridgehead atoms. The summed E-state index contributed by atoms with van der Waals surface area (Å²) in [6.45, 7) is 6.74. The van der Waals surface area contributed by atoms with Gasteiger partial charge in [0.15, 0.2) is 5.78 Å². The van der Waals surface area contributed by atoms with Crippen LogP contribution in [0.2, 0.25) is 0 Å². The van der Waals surface area contributed by atoms with Crippen LogP contribution < -0.4 is 10.6 Å². The number of carbonyl (C=O) groups is 2. The molecule has 0 saturated carbocycles. The van der Waals surface area contributed by atoms with E-state index in [9.17, 15) is 9.59 Å². The average molecular weight is 262 g/mol. The summed E-state index contributed by atoms with van der Waals surface area (Å²) < 4.78 is 0. The predicted octanol–water partition coefficient (Wildman–Crippen LogP) is 2.46. The van der Waals surface area contributed by atoms with Crippen LogP contribution in [0.1, 0.15) is 37.6 Å². The third kappa shape index (κ3) is 6.04. The molecule has 0 aliphatic carbocycles. The Morgan fingerprint density at radius 3 is 2.32 bits per heavy atom. The van der Waals surface area contributed by atoms with Crippen molar-refractivity contribution >= 4 is 17.4 Å². The summed E-state index contributed by atoms with van der Waals surface area (Å²) in [6.07, 6.45) is 0.985. The van der Waals surface area contributed by atoms with Gasteiger partial charge in [-0.2, -0.15) is 0 Å². The van der Waals surface area contributed by atoms with Gasteiger partial charge in [-0.25, -0.2) is 0 Å². The van der Waals surface area contributed by atoms with Gasteiger partial charge in [-0.3, -0.25) is 9.59 Å².